The van der Waals surface area contributed by atoms with E-state index in [0.717, 1.165) is 23.2 Å². The number of hydrogen-bond acceptors (Lipinski definition) is 5. The van der Waals surface area contributed by atoms with E-state index in [1.807, 2.05) is 43.5 Å². The summed E-state index contributed by atoms with van der Waals surface area (Å²) >= 11 is 13.5. The zero-order valence-corrected chi connectivity index (χ0v) is 23.7. The third-order valence-electron chi connectivity index (χ3n) is 5.80. The Morgan fingerprint density at radius 1 is 1.19 bits per heavy atom. The lowest BCUT2D eigenvalue weighted by atomic mass is 10.0. The SMILES string of the molecule is C=CCn1c(SCC(=O)Nc2c(C)cccc2CC)nnc1[C@@H](NC(=O)c1ccc(Cl)cc1Cl)C(C)C. The lowest BCUT2D eigenvalue weighted by Gasteiger charge is -2.23. The van der Waals surface area contributed by atoms with Crippen molar-refractivity contribution in [3.8, 4) is 0 Å². The van der Waals surface area contributed by atoms with E-state index >= 15 is 0 Å². The topological polar surface area (TPSA) is 88.9 Å². The van der Waals surface area contributed by atoms with E-state index in [-0.39, 0.29) is 28.5 Å². The van der Waals surface area contributed by atoms with Crippen LogP contribution in [0.1, 0.15) is 54.1 Å². The van der Waals surface area contributed by atoms with E-state index in [0.29, 0.717) is 28.1 Å². The van der Waals surface area contributed by atoms with Gasteiger partial charge in [-0.1, -0.05) is 80.0 Å². The average molecular weight is 561 g/mol. The second kappa shape index (κ2) is 13.1. The highest BCUT2D eigenvalue weighted by molar-refractivity contribution is 7.99. The number of thioether (sulfide) groups is 1. The first kappa shape index (κ1) is 28.8. The van der Waals surface area contributed by atoms with E-state index in [2.05, 4.69) is 34.3 Å². The number of para-hydroxylation sites is 1. The molecule has 2 amide bonds. The summed E-state index contributed by atoms with van der Waals surface area (Å²) in [6.45, 7) is 12.3. The standard InChI is InChI=1S/C27H31Cl2N5O2S/c1-6-13-34-25(23(16(3)4)31-26(36)20-12-11-19(28)14-21(20)29)32-33-27(34)37-15-22(35)30-24-17(5)9-8-10-18(24)7-2/h6,8-12,14,16,23H,1,7,13,15H2,2-5H3,(H,30,35)(H,31,36)/t23-/m0/s1. The lowest BCUT2D eigenvalue weighted by molar-refractivity contribution is -0.113. The molecule has 1 heterocycles. The molecule has 0 aliphatic rings. The van der Waals surface area contributed by atoms with Gasteiger partial charge in [0.15, 0.2) is 11.0 Å². The maximum Gasteiger partial charge on any atom is 0.253 e. The van der Waals surface area contributed by atoms with Crippen LogP contribution in [0.5, 0.6) is 0 Å². The first-order chi connectivity index (χ1) is 17.7. The number of anilines is 1. The molecule has 1 aromatic heterocycles. The highest BCUT2D eigenvalue weighted by Crippen LogP contribution is 2.28. The first-order valence-corrected chi connectivity index (χ1v) is 13.7. The maximum atomic E-state index is 13.0. The Hall–Kier alpha value is -2.81. The molecule has 3 rings (SSSR count). The van der Waals surface area contributed by atoms with Gasteiger partial charge in [-0.25, -0.2) is 0 Å². The molecule has 10 heteroatoms. The van der Waals surface area contributed by atoms with Crippen LogP contribution in [0, 0.1) is 12.8 Å². The molecule has 1 atom stereocenters. The summed E-state index contributed by atoms with van der Waals surface area (Å²) in [5, 5.41) is 16.1. The Morgan fingerprint density at radius 3 is 2.59 bits per heavy atom. The van der Waals surface area contributed by atoms with Crippen LogP contribution in [0.2, 0.25) is 10.0 Å². The number of aryl methyl sites for hydroxylation is 2. The minimum atomic E-state index is -0.450. The fourth-order valence-electron chi connectivity index (χ4n) is 3.87. The molecule has 0 aliphatic heterocycles. The molecule has 0 saturated heterocycles. The summed E-state index contributed by atoms with van der Waals surface area (Å²) in [7, 11) is 0. The number of allylic oxidation sites excluding steroid dienone is 1. The molecule has 0 bridgehead atoms. The van der Waals surface area contributed by atoms with Gasteiger partial charge in [0.1, 0.15) is 0 Å². The molecule has 0 radical (unpaired) electrons. The fraction of sp³-hybridized carbons (Fsp3) is 0.333. The minimum absolute atomic E-state index is 0.00235. The number of hydrogen-bond donors (Lipinski definition) is 2. The second-order valence-electron chi connectivity index (χ2n) is 8.86. The zero-order chi connectivity index (χ0) is 27.1. The van der Waals surface area contributed by atoms with Crippen molar-refractivity contribution >= 4 is 52.5 Å². The maximum absolute atomic E-state index is 13.0. The van der Waals surface area contributed by atoms with Crippen LogP contribution in [-0.4, -0.2) is 32.3 Å². The molecule has 0 spiro atoms. The average Bonchev–Trinajstić information content (AvgIpc) is 3.24. The van der Waals surface area contributed by atoms with Gasteiger partial charge in [0.25, 0.3) is 5.91 Å². The molecule has 0 aliphatic carbocycles. The third kappa shape index (κ3) is 7.15. The molecule has 2 aromatic carbocycles. The predicted molar refractivity (Wildman–Crippen MR) is 152 cm³/mol. The molecular weight excluding hydrogens is 529 g/mol. The van der Waals surface area contributed by atoms with Crippen molar-refractivity contribution in [1.29, 1.82) is 0 Å². The van der Waals surface area contributed by atoms with Crippen molar-refractivity contribution in [3.63, 3.8) is 0 Å². The first-order valence-electron chi connectivity index (χ1n) is 12.0. The Bertz CT molecular complexity index is 1290. The van der Waals surface area contributed by atoms with E-state index in [1.54, 1.807) is 18.2 Å². The summed E-state index contributed by atoms with van der Waals surface area (Å²) in [4.78, 5) is 25.8. The Balaban J connectivity index is 1.79. The van der Waals surface area contributed by atoms with Gasteiger partial charge in [-0.3, -0.25) is 9.59 Å². The Morgan fingerprint density at radius 2 is 1.95 bits per heavy atom. The molecule has 3 aromatic rings. The van der Waals surface area contributed by atoms with E-state index in [4.69, 9.17) is 23.2 Å². The summed E-state index contributed by atoms with van der Waals surface area (Å²) in [6, 6.07) is 10.3. The van der Waals surface area contributed by atoms with Crippen LogP contribution < -0.4 is 10.6 Å². The van der Waals surface area contributed by atoms with Gasteiger partial charge in [-0.2, -0.15) is 0 Å². The zero-order valence-electron chi connectivity index (χ0n) is 21.3. The number of halogens is 2. The van der Waals surface area contributed by atoms with Crippen LogP contribution in [0.3, 0.4) is 0 Å². The van der Waals surface area contributed by atoms with Crippen molar-refractivity contribution < 1.29 is 9.59 Å². The second-order valence-corrected chi connectivity index (χ2v) is 10.6. The Labute approximate surface area is 232 Å². The van der Waals surface area contributed by atoms with Crippen molar-refractivity contribution in [2.24, 2.45) is 5.92 Å². The molecule has 0 unspecified atom stereocenters. The lowest BCUT2D eigenvalue weighted by Crippen LogP contribution is -2.34. The van der Waals surface area contributed by atoms with Crippen molar-refractivity contribution in [1.82, 2.24) is 20.1 Å². The highest BCUT2D eigenvalue weighted by atomic mass is 35.5. The monoisotopic (exact) mass is 559 g/mol. The van der Waals surface area contributed by atoms with Gasteiger partial charge in [-0.05, 0) is 48.6 Å². The molecule has 37 heavy (non-hydrogen) atoms. The predicted octanol–water partition coefficient (Wildman–Crippen LogP) is 6.50. The number of nitrogens with one attached hydrogen (secondary N) is 2. The molecule has 2 N–H and O–H groups in total. The summed E-state index contributed by atoms with van der Waals surface area (Å²) in [5.41, 5.74) is 3.28. The van der Waals surface area contributed by atoms with Crippen LogP contribution in [0.15, 0.2) is 54.2 Å². The number of benzene rings is 2. The van der Waals surface area contributed by atoms with E-state index in [9.17, 15) is 9.59 Å². The number of aromatic nitrogens is 3. The summed E-state index contributed by atoms with van der Waals surface area (Å²) in [5.74, 6) is 0.258. The van der Waals surface area contributed by atoms with Gasteiger partial charge < -0.3 is 15.2 Å². The van der Waals surface area contributed by atoms with Crippen molar-refractivity contribution in [2.45, 2.75) is 51.9 Å². The van der Waals surface area contributed by atoms with Crippen LogP contribution in [-0.2, 0) is 17.8 Å². The quantitative estimate of drug-likeness (QED) is 0.207. The molecule has 196 valence electrons. The minimum Gasteiger partial charge on any atom is -0.342 e. The summed E-state index contributed by atoms with van der Waals surface area (Å²) < 4.78 is 1.87. The largest absolute Gasteiger partial charge is 0.342 e. The van der Waals surface area contributed by atoms with Gasteiger partial charge in [0, 0.05) is 17.3 Å². The van der Waals surface area contributed by atoms with Crippen molar-refractivity contribution in [3.05, 3.63) is 81.6 Å². The van der Waals surface area contributed by atoms with Crippen LogP contribution in [0.4, 0.5) is 5.69 Å². The molecule has 0 fully saturated rings. The van der Waals surface area contributed by atoms with Gasteiger partial charge in [0.2, 0.25) is 5.91 Å². The van der Waals surface area contributed by atoms with Gasteiger partial charge >= 0.3 is 0 Å². The smallest absolute Gasteiger partial charge is 0.253 e. The fourth-order valence-corrected chi connectivity index (χ4v) is 5.12. The molecular formula is C27H31Cl2N5O2S. The number of amides is 2. The normalized spacial score (nSPS) is 11.9. The number of rotatable bonds is 11. The Kier molecular flexibility index (Phi) is 10.2. The van der Waals surface area contributed by atoms with Gasteiger partial charge in [-0.15, -0.1) is 16.8 Å². The number of nitrogens with zero attached hydrogens (tertiary/aromatic N) is 3. The third-order valence-corrected chi connectivity index (χ3v) is 7.32. The van der Waals surface area contributed by atoms with E-state index in [1.165, 1.54) is 17.8 Å². The molecule has 0 saturated carbocycles. The summed E-state index contributed by atoms with van der Waals surface area (Å²) in [6.07, 6.45) is 2.55. The molecule has 7 nitrogen and oxygen atoms in total. The highest BCUT2D eigenvalue weighted by Gasteiger charge is 2.27. The van der Waals surface area contributed by atoms with Crippen LogP contribution in [0.25, 0.3) is 0 Å². The van der Waals surface area contributed by atoms with E-state index < -0.39 is 6.04 Å². The number of carbonyl (C=O) groups excluding carboxylic acids is 2. The van der Waals surface area contributed by atoms with Crippen LogP contribution >= 0.6 is 35.0 Å². The van der Waals surface area contributed by atoms with Gasteiger partial charge in [0.05, 0.1) is 22.4 Å². The number of carbonyl (C=O) groups is 2. The van der Waals surface area contributed by atoms with Crippen molar-refractivity contribution in [2.75, 3.05) is 11.1 Å².